The molecular formula is C11H21NO. The van der Waals surface area contributed by atoms with Crippen LogP contribution in [0.2, 0.25) is 0 Å². The molecule has 0 aromatic rings. The van der Waals surface area contributed by atoms with E-state index in [-0.39, 0.29) is 0 Å². The maximum atomic E-state index is 5.87. The Morgan fingerprint density at radius 1 is 1.38 bits per heavy atom. The molecule has 1 saturated heterocycles. The van der Waals surface area contributed by atoms with Crippen LogP contribution in [-0.2, 0) is 4.74 Å². The highest BCUT2D eigenvalue weighted by atomic mass is 16.5. The van der Waals surface area contributed by atoms with E-state index in [4.69, 9.17) is 4.74 Å². The minimum atomic E-state index is 0.398. The number of hydrogen-bond donors (Lipinski definition) is 1. The molecule has 2 unspecified atom stereocenters. The monoisotopic (exact) mass is 183 g/mol. The number of nitrogens with one attached hydrogen (secondary N) is 1. The molecule has 0 aromatic heterocycles. The van der Waals surface area contributed by atoms with Gasteiger partial charge in [-0.05, 0) is 51.5 Å². The summed E-state index contributed by atoms with van der Waals surface area (Å²) in [5, 5.41) is 3.47. The van der Waals surface area contributed by atoms with Crippen molar-refractivity contribution in [2.24, 2.45) is 5.41 Å². The number of hydrogen-bond acceptors (Lipinski definition) is 2. The molecule has 2 rings (SSSR count). The van der Waals surface area contributed by atoms with Crippen LogP contribution in [0.25, 0.3) is 0 Å². The molecule has 2 aliphatic rings. The van der Waals surface area contributed by atoms with Gasteiger partial charge < -0.3 is 10.1 Å². The quantitative estimate of drug-likeness (QED) is 0.706. The largest absolute Gasteiger partial charge is 0.376 e. The number of rotatable bonds is 2. The Kier molecular flexibility index (Phi) is 2.61. The maximum Gasteiger partial charge on any atom is 0.0584 e. The summed E-state index contributed by atoms with van der Waals surface area (Å²) in [4.78, 5) is 0. The molecule has 1 saturated carbocycles. The lowest BCUT2D eigenvalue weighted by Gasteiger charge is -2.22. The van der Waals surface area contributed by atoms with Crippen LogP contribution in [0.5, 0.6) is 0 Å². The zero-order chi connectivity index (χ0) is 9.31. The van der Waals surface area contributed by atoms with Crippen LogP contribution < -0.4 is 5.32 Å². The summed E-state index contributed by atoms with van der Waals surface area (Å²) in [6.07, 6.45) is 6.25. The second-order valence-corrected chi connectivity index (χ2v) is 4.98. The maximum absolute atomic E-state index is 5.87. The molecule has 2 fully saturated rings. The van der Waals surface area contributed by atoms with Gasteiger partial charge in [-0.15, -0.1) is 0 Å². The summed E-state index contributed by atoms with van der Waals surface area (Å²) in [6.45, 7) is 6.72. The first-order valence-corrected chi connectivity index (χ1v) is 5.56. The third kappa shape index (κ3) is 2.05. The van der Waals surface area contributed by atoms with Crippen molar-refractivity contribution in [1.29, 1.82) is 0 Å². The Labute approximate surface area is 81.0 Å². The topological polar surface area (TPSA) is 21.3 Å². The van der Waals surface area contributed by atoms with Crippen LogP contribution in [-0.4, -0.2) is 25.3 Å². The first-order chi connectivity index (χ1) is 6.20. The van der Waals surface area contributed by atoms with E-state index in [1.54, 1.807) is 0 Å². The average Bonchev–Trinajstić information content (AvgIpc) is 2.63. The van der Waals surface area contributed by atoms with Crippen molar-refractivity contribution in [3.8, 4) is 0 Å². The molecule has 1 N–H and O–H groups in total. The smallest absolute Gasteiger partial charge is 0.0584 e. The Morgan fingerprint density at radius 2 is 2.23 bits per heavy atom. The van der Waals surface area contributed by atoms with Gasteiger partial charge in [-0.2, -0.15) is 0 Å². The van der Waals surface area contributed by atoms with E-state index in [1.165, 1.54) is 38.8 Å². The Balaban J connectivity index is 1.86. The molecule has 1 heterocycles. The zero-order valence-corrected chi connectivity index (χ0v) is 8.81. The summed E-state index contributed by atoms with van der Waals surface area (Å²) in [7, 11) is 0. The van der Waals surface area contributed by atoms with Crippen LogP contribution in [0.15, 0.2) is 0 Å². The van der Waals surface area contributed by atoms with Crippen LogP contribution in [0.4, 0.5) is 0 Å². The second-order valence-electron chi connectivity index (χ2n) is 4.98. The Hall–Kier alpha value is -0.0800. The van der Waals surface area contributed by atoms with Crippen molar-refractivity contribution < 1.29 is 4.74 Å². The summed E-state index contributed by atoms with van der Waals surface area (Å²) < 4.78 is 5.87. The highest BCUT2D eigenvalue weighted by molar-refractivity contribution is 4.95. The van der Waals surface area contributed by atoms with Crippen LogP contribution in [0.3, 0.4) is 0 Å². The highest BCUT2D eigenvalue weighted by Crippen LogP contribution is 2.44. The van der Waals surface area contributed by atoms with Gasteiger partial charge in [0.05, 0.1) is 12.2 Å². The molecule has 1 aliphatic heterocycles. The van der Waals surface area contributed by atoms with Crippen LogP contribution >= 0.6 is 0 Å². The minimum absolute atomic E-state index is 0.398. The first kappa shape index (κ1) is 9.47. The second kappa shape index (κ2) is 3.58. The van der Waals surface area contributed by atoms with Crippen molar-refractivity contribution >= 4 is 0 Å². The molecule has 2 nitrogen and oxygen atoms in total. The molecule has 1 aliphatic carbocycles. The lowest BCUT2D eigenvalue weighted by Crippen LogP contribution is -2.23. The standard InChI is InChI=1S/C11H21NO/c1-9(2)13-10-3-4-11(7-10)5-6-12-8-11/h9-10,12H,3-8H2,1-2H3. The third-order valence-corrected chi connectivity index (χ3v) is 3.45. The van der Waals surface area contributed by atoms with Crippen LogP contribution in [0.1, 0.15) is 39.5 Å². The fourth-order valence-corrected chi connectivity index (χ4v) is 2.84. The fourth-order valence-electron chi connectivity index (χ4n) is 2.84. The number of ether oxygens (including phenoxy) is 1. The third-order valence-electron chi connectivity index (χ3n) is 3.45. The van der Waals surface area contributed by atoms with E-state index in [2.05, 4.69) is 19.2 Å². The molecule has 0 bridgehead atoms. The van der Waals surface area contributed by atoms with E-state index >= 15 is 0 Å². The highest BCUT2D eigenvalue weighted by Gasteiger charge is 2.41. The lowest BCUT2D eigenvalue weighted by molar-refractivity contribution is 0.00642. The molecule has 2 atom stereocenters. The van der Waals surface area contributed by atoms with Crippen LogP contribution in [0, 0.1) is 5.41 Å². The molecular weight excluding hydrogens is 162 g/mol. The molecule has 0 aromatic carbocycles. The molecule has 0 amide bonds. The van der Waals surface area contributed by atoms with E-state index in [0.29, 0.717) is 17.6 Å². The van der Waals surface area contributed by atoms with Crippen molar-refractivity contribution in [3.63, 3.8) is 0 Å². The molecule has 76 valence electrons. The summed E-state index contributed by atoms with van der Waals surface area (Å²) in [6, 6.07) is 0. The molecule has 2 heteroatoms. The Bertz CT molecular complexity index is 173. The summed E-state index contributed by atoms with van der Waals surface area (Å²) in [5.74, 6) is 0. The predicted molar refractivity (Wildman–Crippen MR) is 53.8 cm³/mol. The molecule has 13 heavy (non-hydrogen) atoms. The van der Waals surface area contributed by atoms with Gasteiger partial charge in [-0.25, -0.2) is 0 Å². The fraction of sp³-hybridized carbons (Fsp3) is 1.00. The van der Waals surface area contributed by atoms with Crippen molar-refractivity contribution in [1.82, 2.24) is 5.32 Å². The van der Waals surface area contributed by atoms with E-state index in [0.717, 1.165) is 0 Å². The van der Waals surface area contributed by atoms with Gasteiger partial charge in [0.2, 0.25) is 0 Å². The van der Waals surface area contributed by atoms with Crippen molar-refractivity contribution in [2.75, 3.05) is 13.1 Å². The molecule has 1 spiro atoms. The predicted octanol–water partition coefficient (Wildman–Crippen LogP) is 1.94. The first-order valence-electron chi connectivity index (χ1n) is 5.56. The Morgan fingerprint density at radius 3 is 2.85 bits per heavy atom. The van der Waals surface area contributed by atoms with Gasteiger partial charge in [0.1, 0.15) is 0 Å². The lowest BCUT2D eigenvalue weighted by atomic mass is 9.85. The minimum Gasteiger partial charge on any atom is -0.376 e. The summed E-state index contributed by atoms with van der Waals surface area (Å²) >= 11 is 0. The average molecular weight is 183 g/mol. The SMILES string of the molecule is CC(C)OC1CCC2(CCNC2)C1. The van der Waals surface area contributed by atoms with Gasteiger partial charge in [0, 0.05) is 6.54 Å². The van der Waals surface area contributed by atoms with E-state index < -0.39 is 0 Å². The van der Waals surface area contributed by atoms with Crippen molar-refractivity contribution in [2.45, 2.75) is 51.7 Å². The van der Waals surface area contributed by atoms with Gasteiger partial charge in [0.15, 0.2) is 0 Å². The van der Waals surface area contributed by atoms with Gasteiger partial charge in [-0.1, -0.05) is 0 Å². The summed E-state index contributed by atoms with van der Waals surface area (Å²) in [5.41, 5.74) is 0.611. The molecule has 0 radical (unpaired) electrons. The van der Waals surface area contributed by atoms with E-state index in [9.17, 15) is 0 Å². The zero-order valence-electron chi connectivity index (χ0n) is 8.81. The van der Waals surface area contributed by atoms with Gasteiger partial charge >= 0.3 is 0 Å². The van der Waals surface area contributed by atoms with Crippen molar-refractivity contribution in [3.05, 3.63) is 0 Å². The van der Waals surface area contributed by atoms with Gasteiger partial charge in [-0.3, -0.25) is 0 Å². The van der Waals surface area contributed by atoms with Gasteiger partial charge in [0.25, 0.3) is 0 Å². The van der Waals surface area contributed by atoms with E-state index in [1.807, 2.05) is 0 Å². The normalized spacial score (nSPS) is 39.5.